The smallest absolute Gasteiger partial charge is 0.335 e. The molecule has 6 nitrogen and oxygen atoms in total. The number of carboxylic acid groups (broad SMARTS) is 1. The highest BCUT2D eigenvalue weighted by Gasteiger charge is 2.35. The minimum absolute atomic E-state index is 0.00127. The van der Waals surface area contributed by atoms with Gasteiger partial charge in [-0.2, -0.15) is 0 Å². The average molecular weight is 313 g/mol. The van der Waals surface area contributed by atoms with Crippen LogP contribution in [0, 0.1) is 13.8 Å². The maximum atomic E-state index is 12.5. The fraction of sp³-hybridized carbons (Fsp3) is 0.500. The summed E-state index contributed by atoms with van der Waals surface area (Å²) in [6.45, 7) is 5.89. The van der Waals surface area contributed by atoms with E-state index in [1.165, 1.54) is 6.07 Å². The fourth-order valence-electron chi connectivity index (χ4n) is 2.48. The van der Waals surface area contributed by atoms with Gasteiger partial charge in [-0.1, -0.05) is 6.07 Å². The van der Waals surface area contributed by atoms with Crippen molar-refractivity contribution in [2.45, 2.75) is 37.6 Å². The molecule has 0 amide bonds. The van der Waals surface area contributed by atoms with E-state index >= 15 is 0 Å². The van der Waals surface area contributed by atoms with E-state index in [0.29, 0.717) is 30.8 Å². The van der Waals surface area contributed by atoms with Crippen molar-refractivity contribution in [3.05, 3.63) is 28.8 Å². The van der Waals surface area contributed by atoms with Crippen molar-refractivity contribution >= 4 is 16.0 Å². The van der Waals surface area contributed by atoms with Crippen LogP contribution < -0.4 is 4.72 Å². The van der Waals surface area contributed by atoms with E-state index in [2.05, 4.69) is 4.72 Å². The first-order valence-corrected chi connectivity index (χ1v) is 8.09. The van der Waals surface area contributed by atoms with E-state index < -0.39 is 21.5 Å². The Kier molecular flexibility index (Phi) is 4.10. The van der Waals surface area contributed by atoms with Gasteiger partial charge in [0.05, 0.1) is 22.6 Å². The molecule has 0 spiro atoms. The van der Waals surface area contributed by atoms with Crippen LogP contribution in [0.25, 0.3) is 0 Å². The van der Waals surface area contributed by atoms with Gasteiger partial charge in [0.15, 0.2) is 0 Å². The number of nitrogens with one attached hydrogen (secondary N) is 1. The molecule has 7 heteroatoms. The number of rotatable bonds is 4. The summed E-state index contributed by atoms with van der Waals surface area (Å²) in [4.78, 5) is 11.2. The highest BCUT2D eigenvalue weighted by Crippen LogP contribution is 2.25. The molecule has 1 aromatic carbocycles. The summed E-state index contributed by atoms with van der Waals surface area (Å²) in [7, 11) is -3.80. The first kappa shape index (κ1) is 15.9. The Morgan fingerprint density at radius 3 is 2.52 bits per heavy atom. The van der Waals surface area contributed by atoms with Crippen molar-refractivity contribution in [2.24, 2.45) is 0 Å². The Morgan fingerprint density at radius 2 is 2.00 bits per heavy atom. The monoisotopic (exact) mass is 313 g/mol. The standard InChI is InChI=1S/C14H19NO5S/c1-9-6-10(2)12(7-11(9)13(16)17)21(18,19)15-14(3)4-5-20-8-14/h6-7,15H,4-5,8H2,1-3H3,(H,16,17). The highest BCUT2D eigenvalue weighted by molar-refractivity contribution is 7.89. The number of hydrogen-bond donors (Lipinski definition) is 2. The first-order valence-electron chi connectivity index (χ1n) is 6.61. The first-order chi connectivity index (χ1) is 9.65. The van der Waals surface area contributed by atoms with Crippen LogP contribution in [-0.2, 0) is 14.8 Å². The number of benzene rings is 1. The zero-order valence-electron chi connectivity index (χ0n) is 12.3. The van der Waals surface area contributed by atoms with Crippen molar-refractivity contribution in [2.75, 3.05) is 13.2 Å². The normalized spacial score (nSPS) is 22.4. The largest absolute Gasteiger partial charge is 0.478 e. The molecule has 1 aliphatic rings. The lowest BCUT2D eigenvalue weighted by molar-refractivity contribution is 0.0696. The van der Waals surface area contributed by atoms with Crippen molar-refractivity contribution in [1.82, 2.24) is 4.72 Å². The third kappa shape index (κ3) is 3.25. The van der Waals surface area contributed by atoms with Gasteiger partial charge >= 0.3 is 5.97 Å². The van der Waals surface area contributed by atoms with E-state index in [4.69, 9.17) is 9.84 Å². The molecular weight excluding hydrogens is 294 g/mol. The number of carbonyl (C=O) groups is 1. The van der Waals surface area contributed by atoms with E-state index in [1.54, 1.807) is 26.8 Å². The summed E-state index contributed by atoms with van der Waals surface area (Å²) in [5.41, 5.74) is 0.398. The van der Waals surface area contributed by atoms with Gasteiger partial charge in [-0.3, -0.25) is 0 Å². The lowest BCUT2D eigenvalue weighted by atomic mass is 10.0. The molecule has 1 saturated heterocycles. The highest BCUT2D eigenvalue weighted by atomic mass is 32.2. The number of sulfonamides is 1. The summed E-state index contributed by atoms with van der Waals surface area (Å²) in [5.74, 6) is -1.14. The van der Waals surface area contributed by atoms with Gasteiger partial charge in [0.25, 0.3) is 0 Å². The molecule has 0 bridgehead atoms. The lowest BCUT2D eigenvalue weighted by Crippen LogP contribution is -2.46. The van der Waals surface area contributed by atoms with Crippen LogP contribution in [0.3, 0.4) is 0 Å². The summed E-state index contributed by atoms with van der Waals surface area (Å²) >= 11 is 0. The number of aromatic carboxylic acids is 1. The average Bonchev–Trinajstić information content (AvgIpc) is 2.73. The Labute approximate surface area is 124 Å². The number of carboxylic acids is 1. The summed E-state index contributed by atoms with van der Waals surface area (Å²) in [6.07, 6.45) is 0.586. The van der Waals surface area contributed by atoms with Crippen LogP contribution in [-0.4, -0.2) is 38.2 Å². The molecule has 1 unspecified atom stereocenters. The third-order valence-corrected chi connectivity index (χ3v) is 5.42. The molecule has 21 heavy (non-hydrogen) atoms. The quantitative estimate of drug-likeness (QED) is 0.878. The van der Waals surface area contributed by atoms with Gasteiger partial charge in [-0.25, -0.2) is 17.9 Å². The molecule has 0 radical (unpaired) electrons. The maximum Gasteiger partial charge on any atom is 0.335 e. The Bertz CT molecular complexity index is 675. The van der Waals surface area contributed by atoms with E-state index in [1.807, 2.05) is 0 Å². The SMILES string of the molecule is Cc1cc(C)c(S(=O)(=O)NC2(C)CCOC2)cc1C(=O)O. The van der Waals surface area contributed by atoms with Gasteiger partial charge in [-0.15, -0.1) is 0 Å². The number of hydrogen-bond acceptors (Lipinski definition) is 4. The van der Waals surface area contributed by atoms with Gasteiger partial charge in [0.2, 0.25) is 10.0 Å². The molecule has 1 heterocycles. The predicted molar refractivity (Wildman–Crippen MR) is 77.0 cm³/mol. The number of aryl methyl sites for hydroxylation is 2. The molecule has 1 atom stereocenters. The van der Waals surface area contributed by atoms with Gasteiger partial charge < -0.3 is 9.84 Å². The van der Waals surface area contributed by atoms with Crippen molar-refractivity contribution < 1.29 is 23.1 Å². The van der Waals surface area contributed by atoms with E-state index in [0.717, 1.165) is 0 Å². The van der Waals surface area contributed by atoms with E-state index in [9.17, 15) is 13.2 Å². The second kappa shape index (κ2) is 5.40. The second-order valence-corrected chi connectivity index (χ2v) is 7.36. The van der Waals surface area contributed by atoms with Crippen LogP contribution in [0.4, 0.5) is 0 Å². The zero-order valence-corrected chi connectivity index (χ0v) is 13.1. The lowest BCUT2D eigenvalue weighted by Gasteiger charge is -2.24. The summed E-state index contributed by atoms with van der Waals surface area (Å²) in [6, 6.07) is 2.79. The molecular formula is C14H19NO5S. The molecule has 0 aliphatic carbocycles. The fourth-order valence-corrected chi connectivity index (χ4v) is 4.15. The van der Waals surface area contributed by atoms with Crippen molar-refractivity contribution in [3.8, 4) is 0 Å². The van der Waals surface area contributed by atoms with Crippen LogP contribution in [0.2, 0.25) is 0 Å². The summed E-state index contributed by atoms with van der Waals surface area (Å²) < 4.78 is 32.9. The molecule has 0 aromatic heterocycles. The van der Waals surface area contributed by atoms with E-state index in [-0.39, 0.29) is 10.5 Å². The topological polar surface area (TPSA) is 92.7 Å². The maximum absolute atomic E-state index is 12.5. The molecule has 2 N–H and O–H groups in total. The van der Waals surface area contributed by atoms with Crippen molar-refractivity contribution in [1.29, 1.82) is 0 Å². The van der Waals surface area contributed by atoms with Crippen LogP contribution in [0.15, 0.2) is 17.0 Å². The third-order valence-electron chi connectivity index (χ3n) is 3.64. The molecule has 0 saturated carbocycles. The molecule has 1 aliphatic heterocycles. The van der Waals surface area contributed by atoms with Crippen LogP contribution in [0.5, 0.6) is 0 Å². The number of ether oxygens (including phenoxy) is 1. The Hall–Kier alpha value is -1.44. The Balaban J connectivity index is 2.44. The molecule has 1 fully saturated rings. The second-order valence-electron chi connectivity index (χ2n) is 5.71. The van der Waals surface area contributed by atoms with Gasteiger partial charge in [0, 0.05) is 6.61 Å². The molecule has 116 valence electrons. The van der Waals surface area contributed by atoms with Gasteiger partial charge in [0.1, 0.15) is 0 Å². The molecule has 1 aromatic rings. The minimum atomic E-state index is -3.80. The minimum Gasteiger partial charge on any atom is -0.478 e. The van der Waals surface area contributed by atoms with Crippen LogP contribution in [0.1, 0.15) is 34.8 Å². The van der Waals surface area contributed by atoms with Crippen LogP contribution >= 0.6 is 0 Å². The van der Waals surface area contributed by atoms with Gasteiger partial charge in [-0.05, 0) is 44.4 Å². The Morgan fingerprint density at radius 1 is 1.33 bits per heavy atom. The molecule has 2 rings (SSSR count). The van der Waals surface area contributed by atoms with Crippen molar-refractivity contribution in [3.63, 3.8) is 0 Å². The summed E-state index contributed by atoms with van der Waals surface area (Å²) in [5, 5.41) is 9.15. The predicted octanol–water partition coefficient (Wildman–Crippen LogP) is 1.46. The zero-order chi connectivity index (χ0) is 15.8.